The van der Waals surface area contributed by atoms with Gasteiger partial charge in [0.25, 0.3) is 5.69 Å². The Morgan fingerprint density at radius 1 is 0.878 bits per heavy atom. The number of hydrogen-bond donors (Lipinski definition) is 10. The zero-order valence-electron chi connectivity index (χ0n) is 27.0. The molecule has 0 fully saturated rings. The summed E-state index contributed by atoms with van der Waals surface area (Å²) in [6.45, 7) is 9.88. The van der Waals surface area contributed by atoms with Gasteiger partial charge in [0.2, 0.25) is 0 Å². The third-order valence-electron chi connectivity index (χ3n) is 5.99. The molecule has 22 heteroatoms. The Bertz CT molecular complexity index is 1550. The number of pyridine rings is 1. The Morgan fingerprint density at radius 2 is 1.39 bits per heavy atom. The van der Waals surface area contributed by atoms with Crippen molar-refractivity contribution in [2.24, 2.45) is 0 Å². The van der Waals surface area contributed by atoms with Crippen LogP contribution in [-0.4, -0.2) is 91.6 Å². The minimum Gasteiger partial charge on any atom is -0.497 e. The summed E-state index contributed by atoms with van der Waals surface area (Å²) in [5.74, 6) is 0.792. The van der Waals surface area contributed by atoms with Gasteiger partial charge in [0.1, 0.15) is 5.75 Å². The molecule has 0 aliphatic carbocycles. The molecule has 0 aliphatic heterocycles. The van der Waals surface area contributed by atoms with Gasteiger partial charge in [0.05, 0.1) is 23.2 Å². The average Bonchev–Trinajstić information content (AvgIpc) is 2.96. The van der Waals surface area contributed by atoms with Crippen molar-refractivity contribution in [2.45, 2.75) is 39.7 Å². The van der Waals surface area contributed by atoms with E-state index in [1.54, 1.807) is 19.2 Å². The van der Waals surface area contributed by atoms with Gasteiger partial charge in [0.15, 0.2) is 0 Å². The number of aromatic nitrogens is 1. The summed E-state index contributed by atoms with van der Waals surface area (Å²) in [5.41, 5.74) is 3.67. The molecule has 1 aromatic heterocycles. The van der Waals surface area contributed by atoms with E-state index >= 15 is 0 Å². The van der Waals surface area contributed by atoms with E-state index in [0.29, 0.717) is 6.04 Å². The van der Waals surface area contributed by atoms with Gasteiger partial charge in [-0.05, 0) is 87.4 Å². The number of non-ortho nitro benzene ring substituents is 1. The number of rotatable bonds is 12. The highest BCUT2D eigenvalue weighted by atomic mass is 31.2. The molecule has 1 heterocycles. The first kappa shape index (κ1) is 45.9. The van der Waals surface area contributed by atoms with Gasteiger partial charge in [-0.2, -0.15) is 0 Å². The molecule has 2 aromatic carbocycles. The first-order chi connectivity index (χ1) is 22.4. The number of nitrogens with one attached hydrogen (secondary N) is 1. The Balaban J connectivity index is 0.00000128. The third kappa shape index (κ3) is 25.5. The molecular weight excluding hydrogens is 713 g/mol. The van der Waals surface area contributed by atoms with Gasteiger partial charge in [-0.3, -0.25) is 10.1 Å². The maximum absolute atomic E-state index is 10.9. The molecule has 1 unspecified atom stereocenters. The number of hydrogen-bond acceptors (Lipinski definition) is 9. The zero-order chi connectivity index (χ0) is 38.0. The Kier molecular flexibility index (Phi) is 20.5. The molecule has 0 amide bonds. The van der Waals surface area contributed by atoms with E-state index in [9.17, 15) is 10.1 Å². The Hall–Kier alpha value is -3.12. The lowest BCUT2D eigenvalue weighted by molar-refractivity contribution is -0.384. The molecule has 0 spiro atoms. The molecule has 0 radical (unpaired) electrons. The molecule has 10 N–H and O–H groups in total. The van der Waals surface area contributed by atoms with Gasteiger partial charge >= 0.3 is 23.5 Å². The maximum Gasteiger partial charge on any atom is 0.466 e. The molecule has 3 aromatic rings. The molecule has 3 rings (SSSR count). The number of benzene rings is 2. The van der Waals surface area contributed by atoms with Crippen LogP contribution in [0.1, 0.15) is 44.9 Å². The second-order valence-corrected chi connectivity index (χ2v) is 13.0. The predicted octanol–water partition coefficient (Wildman–Crippen LogP) is 3.46. The van der Waals surface area contributed by atoms with Crippen LogP contribution in [0.25, 0.3) is 23.1 Å². The van der Waals surface area contributed by atoms with E-state index in [2.05, 4.69) is 31.0 Å². The smallest absolute Gasteiger partial charge is 0.466 e. The quantitative estimate of drug-likeness (QED) is 0.0718. The fraction of sp³-hybridized carbons (Fsp3) is 0.370. The van der Waals surface area contributed by atoms with Gasteiger partial charge in [-0.15, -0.1) is 0 Å². The number of fused-ring (bicyclic) bond motifs is 1. The molecule has 276 valence electrons. The SMILES string of the molecule is CCN(CC)CCCC(C)Nc1cc(C=Cc2ccc([N+](=O)[O-])cc2)nc2ccc(OC)cc12.O=P(O)(O)O.O=P(O)(O)O.O=P(O)(O)O. The lowest BCUT2D eigenvalue weighted by Gasteiger charge is -2.21. The van der Waals surface area contributed by atoms with E-state index in [-0.39, 0.29) is 5.69 Å². The van der Waals surface area contributed by atoms with Gasteiger partial charge in [-0.25, -0.2) is 18.7 Å². The average molecular weight is 757 g/mol. The number of nitrogens with zero attached hydrogens (tertiary/aromatic N) is 3. The van der Waals surface area contributed by atoms with Crippen molar-refractivity contribution in [3.63, 3.8) is 0 Å². The van der Waals surface area contributed by atoms with Crippen LogP contribution in [0.3, 0.4) is 0 Å². The van der Waals surface area contributed by atoms with Crippen LogP contribution in [0.5, 0.6) is 5.75 Å². The lowest BCUT2D eigenvalue weighted by atomic mass is 10.1. The first-order valence-electron chi connectivity index (χ1n) is 14.2. The first-order valence-corrected chi connectivity index (χ1v) is 18.9. The maximum atomic E-state index is 10.9. The van der Waals surface area contributed by atoms with E-state index in [4.69, 9.17) is 67.5 Å². The van der Waals surface area contributed by atoms with E-state index in [1.165, 1.54) is 12.1 Å². The minimum atomic E-state index is -4.64. The Morgan fingerprint density at radius 3 is 1.84 bits per heavy atom. The van der Waals surface area contributed by atoms with Crippen molar-refractivity contribution in [2.75, 3.05) is 32.1 Å². The van der Waals surface area contributed by atoms with Crippen LogP contribution in [0.2, 0.25) is 0 Å². The largest absolute Gasteiger partial charge is 0.497 e. The lowest BCUT2D eigenvalue weighted by Crippen LogP contribution is -2.25. The zero-order valence-corrected chi connectivity index (χ0v) is 29.7. The second kappa shape index (κ2) is 21.9. The van der Waals surface area contributed by atoms with Gasteiger partial charge in [0, 0.05) is 29.2 Å². The van der Waals surface area contributed by atoms with Crippen molar-refractivity contribution >= 4 is 57.9 Å². The summed E-state index contributed by atoms with van der Waals surface area (Å²) in [5, 5.41) is 15.6. The predicted molar refractivity (Wildman–Crippen MR) is 183 cm³/mol. The highest BCUT2D eigenvalue weighted by molar-refractivity contribution is 7.45. The van der Waals surface area contributed by atoms with Gasteiger partial charge < -0.3 is 59.0 Å². The molecule has 0 bridgehead atoms. The summed E-state index contributed by atoms with van der Waals surface area (Å²) >= 11 is 0. The summed E-state index contributed by atoms with van der Waals surface area (Å²) in [6.07, 6.45) is 6.05. The number of phosphoric acid groups is 3. The van der Waals surface area contributed by atoms with E-state index in [1.807, 2.05) is 36.4 Å². The molecular formula is C27H43N4O15P3. The number of nitro groups is 1. The standard InChI is InChI=1S/C27H34N4O3.3H3O4P/c1-5-30(6-2)17-7-8-20(3)28-27-18-22(29-26-16-15-24(34-4)19-25(26)27)12-9-21-10-13-23(14-11-21)31(32)33;3*1-5(2,3)4/h9-16,18-20H,5-8,17H2,1-4H3,(H,28,29);3*(H3,1,2,3,4). The second-order valence-electron chi connectivity index (χ2n) is 9.91. The van der Waals surface area contributed by atoms with Crippen molar-refractivity contribution in [3.05, 3.63) is 69.9 Å². The summed E-state index contributed by atoms with van der Waals surface area (Å²) < 4.78 is 32.1. The number of ether oxygens (including phenoxy) is 1. The third-order valence-corrected chi connectivity index (χ3v) is 5.99. The van der Waals surface area contributed by atoms with Crippen molar-refractivity contribution in [3.8, 4) is 5.75 Å². The summed E-state index contributed by atoms with van der Waals surface area (Å²) in [6, 6.07) is 14.7. The number of methoxy groups -OCH3 is 1. The summed E-state index contributed by atoms with van der Waals surface area (Å²) in [4.78, 5) is 82.4. The van der Waals surface area contributed by atoms with Crippen LogP contribution < -0.4 is 10.1 Å². The van der Waals surface area contributed by atoms with Crippen LogP contribution in [0.4, 0.5) is 11.4 Å². The molecule has 0 aliphatic rings. The van der Waals surface area contributed by atoms with Gasteiger partial charge in [-0.1, -0.05) is 19.9 Å². The highest BCUT2D eigenvalue weighted by Crippen LogP contribution is 2.29. The topological polar surface area (TPSA) is 314 Å². The number of anilines is 1. The van der Waals surface area contributed by atoms with Crippen molar-refractivity contribution < 1.29 is 67.4 Å². The molecule has 19 nitrogen and oxygen atoms in total. The highest BCUT2D eigenvalue weighted by Gasteiger charge is 2.11. The monoisotopic (exact) mass is 756 g/mol. The van der Waals surface area contributed by atoms with Crippen molar-refractivity contribution in [1.29, 1.82) is 0 Å². The fourth-order valence-electron chi connectivity index (χ4n) is 3.94. The Labute approximate surface area is 282 Å². The van der Waals surface area contributed by atoms with Crippen LogP contribution in [0.15, 0.2) is 48.5 Å². The normalized spacial score (nSPS) is 12.2. The van der Waals surface area contributed by atoms with Crippen LogP contribution in [0, 0.1) is 10.1 Å². The number of nitro benzene ring substituents is 1. The fourth-order valence-corrected chi connectivity index (χ4v) is 3.94. The van der Waals surface area contributed by atoms with E-state index in [0.717, 1.165) is 66.1 Å². The molecule has 49 heavy (non-hydrogen) atoms. The molecule has 0 saturated heterocycles. The van der Waals surface area contributed by atoms with E-state index < -0.39 is 28.4 Å². The van der Waals surface area contributed by atoms with Crippen molar-refractivity contribution in [1.82, 2.24) is 9.88 Å². The minimum absolute atomic E-state index is 0.0800. The molecule has 1 atom stereocenters. The summed E-state index contributed by atoms with van der Waals surface area (Å²) in [7, 11) is -12.3. The van der Waals surface area contributed by atoms with Crippen LogP contribution >= 0.6 is 23.5 Å². The molecule has 0 saturated carbocycles. The van der Waals surface area contributed by atoms with Crippen LogP contribution in [-0.2, 0) is 13.7 Å².